The topological polar surface area (TPSA) is 75.2 Å². The molecule has 1 N–H and O–H groups in total. The van der Waals surface area contributed by atoms with E-state index in [1.165, 1.54) is 0 Å². The molecule has 1 saturated carbocycles. The molecular formula is C16H26N4O2S. The first-order valence-electron chi connectivity index (χ1n) is 8.50. The highest BCUT2D eigenvalue weighted by Crippen LogP contribution is 2.29. The smallest absolute Gasteiger partial charge is 0.214 e. The maximum absolute atomic E-state index is 12.0. The van der Waals surface area contributed by atoms with Gasteiger partial charge in [0.2, 0.25) is 10.0 Å². The van der Waals surface area contributed by atoms with Gasteiger partial charge in [-0.1, -0.05) is 0 Å². The molecule has 7 heteroatoms. The third kappa shape index (κ3) is 3.72. The number of aromatic nitrogens is 2. The van der Waals surface area contributed by atoms with E-state index >= 15 is 0 Å². The van der Waals surface area contributed by atoms with Gasteiger partial charge in [-0.25, -0.2) is 8.42 Å². The van der Waals surface area contributed by atoms with Crippen LogP contribution >= 0.6 is 0 Å². The van der Waals surface area contributed by atoms with Crippen molar-refractivity contribution in [2.24, 2.45) is 0 Å². The maximum Gasteiger partial charge on any atom is 0.214 e. The van der Waals surface area contributed by atoms with Crippen molar-refractivity contribution in [2.75, 3.05) is 12.3 Å². The molecule has 0 spiro atoms. The second-order valence-electron chi connectivity index (χ2n) is 6.70. The zero-order valence-electron chi connectivity index (χ0n) is 13.9. The first-order chi connectivity index (χ1) is 11.0. The number of hydrogen-bond acceptors (Lipinski definition) is 5. The molecule has 1 atom stereocenters. The Morgan fingerprint density at radius 1 is 1.22 bits per heavy atom. The zero-order valence-corrected chi connectivity index (χ0v) is 14.7. The van der Waals surface area contributed by atoms with E-state index in [-0.39, 0.29) is 12.1 Å². The van der Waals surface area contributed by atoms with E-state index in [9.17, 15) is 8.42 Å². The van der Waals surface area contributed by atoms with E-state index < -0.39 is 10.0 Å². The lowest BCUT2D eigenvalue weighted by Crippen LogP contribution is -2.43. The van der Waals surface area contributed by atoms with Crippen molar-refractivity contribution in [3.05, 3.63) is 23.8 Å². The molecule has 1 aromatic rings. The van der Waals surface area contributed by atoms with Gasteiger partial charge in [-0.3, -0.25) is 9.97 Å². The van der Waals surface area contributed by atoms with Crippen LogP contribution in [-0.2, 0) is 10.0 Å². The van der Waals surface area contributed by atoms with Crippen LogP contribution in [0.25, 0.3) is 0 Å². The molecule has 1 aliphatic carbocycles. The van der Waals surface area contributed by atoms with Gasteiger partial charge in [0.15, 0.2) is 0 Å². The van der Waals surface area contributed by atoms with Gasteiger partial charge in [-0.05, 0) is 46.0 Å². The molecule has 0 radical (unpaired) electrons. The third-order valence-electron chi connectivity index (χ3n) is 5.06. The third-order valence-corrected chi connectivity index (χ3v) is 7.06. The molecule has 6 nitrogen and oxygen atoms in total. The van der Waals surface area contributed by atoms with Gasteiger partial charge in [0.1, 0.15) is 0 Å². The summed E-state index contributed by atoms with van der Waals surface area (Å²) in [5.74, 6) is 0.328. The van der Waals surface area contributed by atoms with Crippen LogP contribution in [0.2, 0.25) is 0 Å². The van der Waals surface area contributed by atoms with Crippen molar-refractivity contribution in [3.8, 4) is 0 Å². The molecule has 0 aromatic carbocycles. The summed E-state index contributed by atoms with van der Waals surface area (Å²) >= 11 is 0. The molecule has 2 fully saturated rings. The molecule has 1 aliphatic heterocycles. The van der Waals surface area contributed by atoms with E-state index in [4.69, 9.17) is 0 Å². The predicted molar refractivity (Wildman–Crippen MR) is 89.5 cm³/mol. The SMILES string of the molecule is Cc1nccnc1C(C)NC1CCC(N2CCCS2(=O)=O)CC1. The van der Waals surface area contributed by atoms with Crippen LogP contribution in [-0.4, -0.2) is 47.1 Å². The van der Waals surface area contributed by atoms with E-state index in [0.29, 0.717) is 18.3 Å². The van der Waals surface area contributed by atoms with Crippen LogP contribution in [0.15, 0.2) is 12.4 Å². The van der Waals surface area contributed by atoms with Crippen molar-refractivity contribution in [1.82, 2.24) is 19.6 Å². The summed E-state index contributed by atoms with van der Waals surface area (Å²) in [6, 6.07) is 0.794. The fraction of sp³-hybridized carbons (Fsp3) is 0.750. The minimum absolute atomic E-state index is 0.167. The van der Waals surface area contributed by atoms with Crippen molar-refractivity contribution in [3.63, 3.8) is 0 Å². The minimum atomic E-state index is -2.98. The van der Waals surface area contributed by atoms with E-state index in [1.807, 2.05) is 6.92 Å². The lowest BCUT2D eigenvalue weighted by molar-refractivity contribution is 0.228. The van der Waals surface area contributed by atoms with Crippen LogP contribution in [0.3, 0.4) is 0 Å². The monoisotopic (exact) mass is 338 g/mol. The Balaban J connectivity index is 1.54. The van der Waals surface area contributed by atoms with E-state index in [0.717, 1.165) is 43.5 Å². The van der Waals surface area contributed by atoms with E-state index in [2.05, 4.69) is 22.2 Å². The lowest BCUT2D eigenvalue weighted by atomic mass is 9.90. The number of rotatable bonds is 4. The highest BCUT2D eigenvalue weighted by atomic mass is 32.2. The molecule has 0 amide bonds. The standard InChI is InChI=1S/C16H26N4O2S/c1-12-16(18-9-8-17-12)13(2)19-14-4-6-15(7-5-14)20-10-3-11-23(20,21)22/h8-9,13-15,19H,3-7,10-11H2,1-2H3. The molecule has 2 aliphatic rings. The highest BCUT2D eigenvalue weighted by molar-refractivity contribution is 7.89. The van der Waals surface area contributed by atoms with Gasteiger partial charge >= 0.3 is 0 Å². The highest BCUT2D eigenvalue weighted by Gasteiger charge is 2.36. The maximum atomic E-state index is 12.0. The molecule has 1 saturated heterocycles. The molecule has 23 heavy (non-hydrogen) atoms. The summed E-state index contributed by atoms with van der Waals surface area (Å²) in [5, 5.41) is 3.64. The lowest BCUT2D eigenvalue weighted by Gasteiger charge is -2.35. The normalized spacial score (nSPS) is 29.5. The summed E-state index contributed by atoms with van der Waals surface area (Å²) < 4.78 is 25.8. The zero-order chi connectivity index (χ0) is 16.4. The van der Waals surface area contributed by atoms with Crippen LogP contribution in [0.4, 0.5) is 0 Å². The van der Waals surface area contributed by atoms with Gasteiger partial charge in [-0.2, -0.15) is 4.31 Å². The number of aryl methyl sites for hydroxylation is 1. The molecule has 1 aromatic heterocycles. The average Bonchev–Trinajstić information content (AvgIpc) is 2.88. The number of hydrogen-bond donors (Lipinski definition) is 1. The molecule has 3 rings (SSSR count). The summed E-state index contributed by atoms with van der Waals surface area (Å²) in [6.07, 6.45) is 8.15. The Morgan fingerprint density at radius 2 is 1.91 bits per heavy atom. The quantitative estimate of drug-likeness (QED) is 0.906. The Morgan fingerprint density at radius 3 is 2.52 bits per heavy atom. The number of nitrogens with one attached hydrogen (secondary N) is 1. The van der Waals surface area contributed by atoms with Crippen LogP contribution < -0.4 is 5.32 Å². The first kappa shape index (κ1) is 16.8. The second-order valence-corrected chi connectivity index (χ2v) is 8.74. The summed E-state index contributed by atoms with van der Waals surface area (Å²) in [6.45, 7) is 4.81. The first-order valence-corrected chi connectivity index (χ1v) is 10.1. The molecule has 1 unspecified atom stereocenters. The van der Waals surface area contributed by atoms with Crippen molar-refractivity contribution < 1.29 is 8.42 Å². The predicted octanol–water partition coefficient (Wildman–Crippen LogP) is 1.78. The Labute approximate surface area is 138 Å². The Hall–Kier alpha value is -1.05. The number of nitrogens with zero attached hydrogens (tertiary/aromatic N) is 3. The summed E-state index contributed by atoms with van der Waals surface area (Å²) in [7, 11) is -2.98. The van der Waals surface area contributed by atoms with Gasteiger partial charge in [0.05, 0.1) is 17.1 Å². The molecule has 0 bridgehead atoms. The Bertz CT molecular complexity index is 641. The largest absolute Gasteiger partial charge is 0.306 e. The average molecular weight is 338 g/mol. The van der Waals surface area contributed by atoms with Crippen molar-refractivity contribution in [2.45, 2.75) is 64.1 Å². The summed E-state index contributed by atoms with van der Waals surface area (Å²) in [5.41, 5.74) is 1.96. The van der Waals surface area contributed by atoms with Gasteiger partial charge in [-0.15, -0.1) is 0 Å². The van der Waals surface area contributed by atoms with Gasteiger partial charge in [0.25, 0.3) is 0 Å². The van der Waals surface area contributed by atoms with E-state index in [1.54, 1.807) is 16.7 Å². The summed E-state index contributed by atoms with van der Waals surface area (Å²) in [4.78, 5) is 8.73. The molecular weight excluding hydrogens is 312 g/mol. The van der Waals surface area contributed by atoms with Gasteiger partial charge in [0, 0.05) is 37.1 Å². The van der Waals surface area contributed by atoms with Crippen molar-refractivity contribution in [1.29, 1.82) is 0 Å². The van der Waals surface area contributed by atoms with Crippen molar-refractivity contribution >= 4 is 10.0 Å². The number of sulfonamides is 1. The fourth-order valence-corrected chi connectivity index (χ4v) is 5.68. The van der Waals surface area contributed by atoms with Crippen LogP contribution in [0.1, 0.15) is 56.5 Å². The molecule has 2 heterocycles. The molecule has 128 valence electrons. The van der Waals surface area contributed by atoms with Gasteiger partial charge < -0.3 is 5.32 Å². The fourth-order valence-electron chi connectivity index (χ4n) is 3.88. The Kier molecular flexibility index (Phi) is 4.98. The van der Waals surface area contributed by atoms with Crippen LogP contribution in [0.5, 0.6) is 0 Å². The minimum Gasteiger partial charge on any atom is -0.306 e. The van der Waals surface area contributed by atoms with Crippen LogP contribution in [0, 0.1) is 6.92 Å². The second kappa shape index (κ2) is 6.83.